The Morgan fingerprint density at radius 1 is 1.17 bits per heavy atom. The van der Waals surface area contributed by atoms with E-state index in [9.17, 15) is 4.79 Å². The Morgan fingerprint density at radius 3 is 2.33 bits per heavy atom. The molecule has 2 heterocycles. The Bertz CT molecular complexity index is 408. The van der Waals surface area contributed by atoms with Crippen LogP contribution < -0.4 is 4.90 Å². The summed E-state index contributed by atoms with van der Waals surface area (Å²) in [6.07, 6.45) is 0. The topological polar surface area (TPSA) is 49.3 Å². The van der Waals surface area contributed by atoms with Crippen LogP contribution in [0.2, 0.25) is 0 Å². The van der Waals surface area contributed by atoms with Crippen molar-refractivity contribution in [3.63, 3.8) is 0 Å². The number of anilines is 1. The number of carbonyl (C=O) groups excluding carboxylic acids is 1. The molecule has 5 nitrogen and oxygen atoms in total. The lowest BCUT2D eigenvalue weighted by Crippen LogP contribution is -2.50. The summed E-state index contributed by atoms with van der Waals surface area (Å²) < 4.78 is 0. The van der Waals surface area contributed by atoms with Gasteiger partial charge in [-0.3, -0.25) is 4.79 Å². The Labute approximate surface area is 108 Å². The van der Waals surface area contributed by atoms with E-state index in [0.717, 1.165) is 37.7 Å². The third kappa shape index (κ3) is 2.78. The second-order valence-corrected chi connectivity index (χ2v) is 5.00. The smallest absolute Gasteiger partial charge is 0.225 e. The Kier molecular flexibility index (Phi) is 3.79. The van der Waals surface area contributed by atoms with Gasteiger partial charge in [-0.15, -0.1) is 5.10 Å². The number of rotatable bonds is 2. The van der Waals surface area contributed by atoms with E-state index in [-0.39, 0.29) is 11.8 Å². The zero-order valence-corrected chi connectivity index (χ0v) is 11.3. The molecule has 1 amide bonds. The van der Waals surface area contributed by atoms with Crippen LogP contribution in [0.3, 0.4) is 0 Å². The largest absolute Gasteiger partial charge is 0.352 e. The van der Waals surface area contributed by atoms with Gasteiger partial charge in [0.15, 0.2) is 5.82 Å². The van der Waals surface area contributed by atoms with Crippen molar-refractivity contribution in [3.8, 4) is 0 Å². The van der Waals surface area contributed by atoms with Crippen molar-refractivity contribution in [3.05, 3.63) is 17.8 Å². The average Bonchev–Trinajstić information content (AvgIpc) is 2.39. The van der Waals surface area contributed by atoms with Crippen molar-refractivity contribution in [1.29, 1.82) is 0 Å². The number of hydrogen-bond acceptors (Lipinski definition) is 4. The molecule has 0 radical (unpaired) electrons. The number of piperazine rings is 1. The van der Waals surface area contributed by atoms with Gasteiger partial charge in [0.25, 0.3) is 0 Å². The van der Waals surface area contributed by atoms with Crippen LogP contribution in [0.4, 0.5) is 5.82 Å². The van der Waals surface area contributed by atoms with Crippen molar-refractivity contribution < 1.29 is 4.79 Å². The molecule has 18 heavy (non-hydrogen) atoms. The summed E-state index contributed by atoms with van der Waals surface area (Å²) in [5.41, 5.74) is 0.923. The molecule has 1 fully saturated rings. The molecule has 98 valence electrons. The van der Waals surface area contributed by atoms with Crippen molar-refractivity contribution >= 4 is 11.7 Å². The maximum absolute atomic E-state index is 11.9. The van der Waals surface area contributed by atoms with Crippen molar-refractivity contribution in [2.45, 2.75) is 20.8 Å². The third-order valence-corrected chi connectivity index (χ3v) is 3.19. The molecule has 1 saturated heterocycles. The van der Waals surface area contributed by atoms with Gasteiger partial charge < -0.3 is 9.80 Å². The minimum absolute atomic E-state index is 0.0794. The summed E-state index contributed by atoms with van der Waals surface area (Å²) in [4.78, 5) is 16.0. The summed E-state index contributed by atoms with van der Waals surface area (Å²) in [5, 5.41) is 8.24. The van der Waals surface area contributed by atoms with Crippen LogP contribution >= 0.6 is 0 Å². The van der Waals surface area contributed by atoms with Gasteiger partial charge in [-0.25, -0.2) is 0 Å². The molecular weight excluding hydrogens is 228 g/mol. The second kappa shape index (κ2) is 5.33. The minimum atomic E-state index is 0.0794. The fourth-order valence-electron chi connectivity index (χ4n) is 2.08. The molecule has 1 aromatic rings. The summed E-state index contributed by atoms with van der Waals surface area (Å²) in [5.74, 6) is 1.22. The molecule has 0 N–H and O–H groups in total. The van der Waals surface area contributed by atoms with Crippen LogP contribution in [0.15, 0.2) is 12.1 Å². The van der Waals surface area contributed by atoms with Crippen LogP contribution in [-0.4, -0.2) is 47.2 Å². The first-order valence-electron chi connectivity index (χ1n) is 6.42. The highest BCUT2D eigenvalue weighted by atomic mass is 16.2. The molecule has 0 aliphatic carbocycles. The molecular formula is C13H20N4O. The van der Waals surface area contributed by atoms with Gasteiger partial charge >= 0.3 is 0 Å². The van der Waals surface area contributed by atoms with Gasteiger partial charge in [0.1, 0.15) is 0 Å². The zero-order valence-electron chi connectivity index (χ0n) is 11.3. The van der Waals surface area contributed by atoms with Crippen LogP contribution in [0.25, 0.3) is 0 Å². The summed E-state index contributed by atoms with van der Waals surface area (Å²) in [6.45, 7) is 9.02. The van der Waals surface area contributed by atoms with E-state index in [1.807, 2.05) is 37.8 Å². The normalized spacial score (nSPS) is 16.2. The molecule has 0 aromatic carbocycles. The van der Waals surface area contributed by atoms with Gasteiger partial charge in [-0.2, -0.15) is 5.10 Å². The predicted molar refractivity (Wildman–Crippen MR) is 70.4 cm³/mol. The van der Waals surface area contributed by atoms with Gasteiger partial charge in [0.05, 0.1) is 5.69 Å². The molecule has 5 heteroatoms. The number of nitrogens with zero attached hydrogens (tertiary/aromatic N) is 4. The van der Waals surface area contributed by atoms with E-state index < -0.39 is 0 Å². The molecule has 2 rings (SSSR count). The van der Waals surface area contributed by atoms with Gasteiger partial charge in [-0.05, 0) is 19.1 Å². The fourth-order valence-corrected chi connectivity index (χ4v) is 2.08. The van der Waals surface area contributed by atoms with Crippen molar-refractivity contribution in [1.82, 2.24) is 15.1 Å². The van der Waals surface area contributed by atoms with E-state index in [1.165, 1.54) is 0 Å². The van der Waals surface area contributed by atoms with Crippen molar-refractivity contribution in [2.24, 2.45) is 5.92 Å². The highest BCUT2D eigenvalue weighted by Gasteiger charge is 2.23. The number of carbonyl (C=O) groups is 1. The Hall–Kier alpha value is -1.65. The summed E-state index contributed by atoms with van der Waals surface area (Å²) in [7, 11) is 0. The van der Waals surface area contributed by atoms with E-state index in [0.29, 0.717) is 0 Å². The molecule has 1 aromatic heterocycles. The lowest BCUT2D eigenvalue weighted by atomic mass is 10.1. The maximum atomic E-state index is 11.9. The molecule has 0 atom stereocenters. The average molecular weight is 248 g/mol. The number of aryl methyl sites for hydroxylation is 1. The molecule has 0 spiro atoms. The maximum Gasteiger partial charge on any atom is 0.225 e. The SMILES string of the molecule is Cc1ccc(N2CCN(C(=O)C(C)C)CC2)nn1. The number of aromatic nitrogens is 2. The fraction of sp³-hybridized carbons (Fsp3) is 0.615. The summed E-state index contributed by atoms with van der Waals surface area (Å²) >= 11 is 0. The van der Waals surface area contributed by atoms with Gasteiger partial charge in [-0.1, -0.05) is 13.8 Å². The zero-order chi connectivity index (χ0) is 13.1. The monoisotopic (exact) mass is 248 g/mol. The van der Waals surface area contributed by atoms with Crippen LogP contribution in [-0.2, 0) is 4.79 Å². The third-order valence-electron chi connectivity index (χ3n) is 3.19. The molecule has 0 saturated carbocycles. The van der Waals surface area contributed by atoms with Crippen molar-refractivity contribution in [2.75, 3.05) is 31.1 Å². The lowest BCUT2D eigenvalue weighted by Gasteiger charge is -2.36. The Balaban J connectivity index is 1.94. The van der Waals surface area contributed by atoms with Gasteiger partial charge in [0.2, 0.25) is 5.91 Å². The first kappa shape index (κ1) is 12.8. The number of hydrogen-bond donors (Lipinski definition) is 0. The Morgan fingerprint density at radius 2 is 1.83 bits per heavy atom. The second-order valence-electron chi connectivity index (χ2n) is 5.00. The van der Waals surface area contributed by atoms with E-state index in [1.54, 1.807) is 0 Å². The highest BCUT2D eigenvalue weighted by Crippen LogP contribution is 2.13. The van der Waals surface area contributed by atoms with E-state index in [4.69, 9.17) is 0 Å². The quantitative estimate of drug-likeness (QED) is 0.786. The minimum Gasteiger partial charge on any atom is -0.352 e. The first-order valence-corrected chi connectivity index (χ1v) is 6.42. The molecule has 0 unspecified atom stereocenters. The van der Waals surface area contributed by atoms with E-state index >= 15 is 0 Å². The molecule has 1 aliphatic rings. The lowest BCUT2D eigenvalue weighted by molar-refractivity contribution is -0.134. The van der Waals surface area contributed by atoms with Gasteiger partial charge in [0, 0.05) is 32.1 Å². The highest BCUT2D eigenvalue weighted by molar-refractivity contribution is 5.78. The molecule has 1 aliphatic heterocycles. The molecule has 0 bridgehead atoms. The standard InChI is InChI=1S/C13H20N4O/c1-10(2)13(18)17-8-6-16(7-9-17)12-5-4-11(3)14-15-12/h4-5,10H,6-9H2,1-3H3. The van der Waals surface area contributed by atoms with Crippen LogP contribution in [0.5, 0.6) is 0 Å². The summed E-state index contributed by atoms with van der Waals surface area (Å²) in [6, 6.07) is 3.95. The van der Waals surface area contributed by atoms with Crippen LogP contribution in [0.1, 0.15) is 19.5 Å². The first-order chi connectivity index (χ1) is 8.58. The van der Waals surface area contributed by atoms with Crippen LogP contribution in [0, 0.1) is 12.8 Å². The number of amides is 1. The van der Waals surface area contributed by atoms with E-state index in [2.05, 4.69) is 15.1 Å². The predicted octanol–water partition coefficient (Wildman–Crippen LogP) is 1.09.